The number of rotatable bonds is 4. The van der Waals surface area contributed by atoms with Crippen LogP contribution >= 0.6 is 12.2 Å². The number of piperidine rings is 1. The second-order valence-electron chi connectivity index (χ2n) is 4.88. The molecule has 0 spiro atoms. The minimum Gasteiger partial charge on any atom is -0.389 e. The largest absolute Gasteiger partial charge is 0.389 e. The van der Waals surface area contributed by atoms with E-state index >= 15 is 0 Å². The summed E-state index contributed by atoms with van der Waals surface area (Å²) >= 11 is 4.84. The number of hydrogen-bond acceptors (Lipinski definition) is 3. The third kappa shape index (κ3) is 3.72. The first kappa shape index (κ1) is 14.4. The molecular formula is C14H19FN2OS. The van der Waals surface area contributed by atoms with E-state index in [4.69, 9.17) is 22.7 Å². The lowest BCUT2D eigenvalue weighted by Gasteiger charge is -2.31. The summed E-state index contributed by atoms with van der Waals surface area (Å²) in [5.41, 5.74) is 6.76. The fourth-order valence-corrected chi connectivity index (χ4v) is 2.50. The van der Waals surface area contributed by atoms with Crippen molar-refractivity contribution in [1.29, 1.82) is 0 Å². The molecule has 0 saturated carbocycles. The van der Waals surface area contributed by atoms with Crippen molar-refractivity contribution in [2.75, 3.05) is 20.2 Å². The van der Waals surface area contributed by atoms with E-state index in [2.05, 4.69) is 4.90 Å². The number of thiocarbonyl (C=S) groups is 1. The van der Waals surface area contributed by atoms with Crippen LogP contribution in [0.15, 0.2) is 18.2 Å². The maximum absolute atomic E-state index is 13.9. The van der Waals surface area contributed by atoms with Crippen molar-refractivity contribution < 1.29 is 9.13 Å². The van der Waals surface area contributed by atoms with Crippen LogP contribution in [0.3, 0.4) is 0 Å². The van der Waals surface area contributed by atoms with Gasteiger partial charge in [0, 0.05) is 37.9 Å². The molecule has 2 rings (SSSR count). The molecule has 2 N–H and O–H groups in total. The second kappa shape index (κ2) is 6.41. The molecule has 1 saturated heterocycles. The highest BCUT2D eigenvalue weighted by Gasteiger charge is 2.19. The Morgan fingerprint density at radius 1 is 1.47 bits per heavy atom. The maximum atomic E-state index is 13.9. The van der Waals surface area contributed by atoms with E-state index < -0.39 is 0 Å². The SMILES string of the molecule is COC1CCN(Cc2ccc(C(N)=S)cc2F)CC1. The molecule has 1 heterocycles. The minimum atomic E-state index is -0.237. The predicted molar refractivity (Wildman–Crippen MR) is 77.6 cm³/mol. The maximum Gasteiger partial charge on any atom is 0.128 e. The Balaban J connectivity index is 1.98. The van der Waals surface area contributed by atoms with E-state index in [0.717, 1.165) is 25.9 Å². The van der Waals surface area contributed by atoms with E-state index in [0.29, 0.717) is 23.8 Å². The van der Waals surface area contributed by atoms with Gasteiger partial charge in [-0.25, -0.2) is 4.39 Å². The highest BCUT2D eigenvalue weighted by Crippen LogP contribution is 2.18. The van der Waals surface area contributed by atoms with Gasteiger partial charge in [-0.1, -0.05) is 24.4 Å². The summed E-state index contributed by atoms with van der Waals surface area (Å²) in [6.45, 7) is 2.50. The van der Waals surface area contributed by atoms with Crippen molar-refractivity contribution in [3.05, 3.63) is 35.1 Å². The van der Waals surface area contributed by atoms with Crippen molar-refractivity contribution in [1.82, 2.24) is 4.90 Å². The molecule has 0 aliphatic carbocycles. The molecule has 1 fully saturated rings. The number of methoxy groups -OCH3 is 1. The highest BCUT2D eigenvalue weighted by atomic mass is 32.1. The zero-order valence-corrected chi connectivity index (χ0v) is 11.9. The van der Waals surface area contributed by atoms with Crippen molar-refractivity contribution in [3.63, 3.8) is 0 Å². The van der Waals surface area contributed by atoms with Gasteiger partial charge in [-0.05, 0) is 18.9 Å². The first-order valence-corrected chi connectivity index (χ1v) is 6.84. The Labute approximate surface area is 118 Å². The number of hydrogen-bond donors (Lipinski definition) is 1. The summed E-state index contributed by atoms with van der Waals surface area (Å²) in [5.74, 6) is -0.237. The molecule has 1 aromatic carbocycles. The summed E-state index contributed by atoms with van der Waals surface area (Å²) in [5, 5.41) is 0. The van der Waals surface area contributed by atoms with Crippen molar-refractivity contribution in [3.8, 4) is 0 Å². The van der Waals surface area contributed by atoms with Crippen LogP contribution in [0.4, 0.5) is 4.39 Å². The molecule has 1 aliphatic rings. The van der Waals surface area contributed by atoms with E-state index in [-0.39, 0.29) is 10.8 Å². The molecule has 1 aromatic rings. The van der Waals surface area contributed by atoms with Gasteiger partial charge in [0.25, 0.3) is 0 Å². The Bertz CT molecular complexity index is 459. The molecule has 0 amide bonds. The number of nitrogens with two attached hydrogens (primary N) is 1. The molecule has 19 heavy (non-hydrogen) atoms. The lowest BCUT2D eigenvalue weighted by atomic mass is 10.1. The minimum absolute atomic E-state index is 0.228. The van der Waals surface area contributed by atoms with Crippen molar-refractivity contribution in [2.24, 2.45) is 5.73 Å². The van der Waals surface area contributed by atoms with Crippen LogP contribution in [0.2, 0.25) is 0 Å². The van der Waals surface area contributed by atoms with Crippen LogP contribution in [-0.2, 0) is 11.3 Å². The summed E-state index contributed by atoms with van der Waals surface area (Å²) in [7, 11) is 1.74. The van der Waals surface area contributed by atoms with Gasteiger partial charge in [0.05, 0.1) is 6.10 Å². The lowest BCUT2D eigenvalue weighted by Crippen LogP contribution is -2.36. The summed E-state index contributed by atoms with van der Waals surface area (Å²) < 4.78 is 19.3. The molecule has 0 bridgehead atoms. The third-order valence-corrected chi connectivity index (χ3v) is 3.84. The molecule has 0 aromatic heterocycles. The van der Waals surface area contributed by atoms with E-state index in [9.17, 15) is 4.39 Å². The molecule has 0 radical (unpaired) electrons. The van der Waals surface area contributed by atoms with Gasteiger partial charge in [0.15, 0.2) is 0 Å². The Hall–Kier alpha value is -1.04. The monoisotopic (exact) mass is 282 g/mol. The molecule has 104 valence electrons. The van der Waals surface area contributed by atoms with E-state index in [1.54, 1.807) is 19.2 Å². The smallest absolute Gasteiger partial charge is 0.128 e. The number of benzene rings is 1. The first-order valence-electron chi connectivity index (χ1n) is 6.43. The van der Waals surface area contributed by atoms with Crippen LogP contribution in [-0.4, -0.2) is 36.2 Å². The van der Waals surface area contributed by atoms with Gasteiger partial charge in [-0.2, -0.15) is 0 Å². The molecular weight excluding hydrogens is 263 g/mol. The Morgan fingerprint density at radius 2 is 2.16 bits per heavy atom. The summed E-state index contributed by atoms with van der Waals surface area (Å²) in [6, 6.07) is 4.97. The average Bonchev–Trinajstić information content (AvgIpc) is 2.41. The molecule has 0 unspecified atom stereocenters. The van der Waals surface area contributed by atoms with Crippen molar-refractivity contribution in [2.45, 2.75) is 25.5 Å². The lowest BCUT2D eigenvalue weighted by molar-refractivity contribution is 0.0386. The summed E-state index contributed by atoms with van der Waals surface area (Å²) in [6.07, 6.45) is 2.35. The Kier molecular flexibility index (Phi) is 4.85. The van der Waals surface area contributed by atoms with Crippen LogP contribution in [0.25, 0.3) is 0 Å². The fourth-order valence-electron chi connectivity index (χ4n) is 2.37. The predicted octanol–water partition coefficient (Wildman–Crippen LogP) is 2.07. The van der Waals surface area contributed by atoms with E-state index in [1.807, 2.05) is 0 Å². The van der Waals surface area contributed by atoms with Crippen molar-refractivity contribution >= 4 is 17.2 Å². The number of likely N-dealkylation sites (tertiary alicyclic amines) is 1. The average molecular weight is 282 g/mol. The molecule has 3 nitrogen and oxygen atoms in total. The molecule has 1 aliphatic heterocycles. The number of nitrogens with zero attached hydrogens (tertiary/aromatic N) is 1. The van der Waals surface area contributed by atoms with Crippen LogP contribution < -0.4 is 5.73 Å². The highest BCUT2D eigenvalue weighted by molar-refractivity contribution is 7.80. The zero-order chi connectivity index (χ0) is 13.8. The third-order valence-electron chi connectivity index (χ3n) is 3.60. The van der Waals surface area contributed by atoms with Crippen LogP contribution in [0.1, 0.15) is 24.0 Å². The van der Waals surface area contributed by atoms with Gasteiger partial charge >= 0.3 is 0 Å². The zero-order valence-electron chi connectivity index (χ0n) is 11.1. The number of halogens is 1. The van der Waals surface area contributed by atoms with E-state index in [1.165, 1.54) is 6.07 Å². The van der Waals surface area contributed by atoms with Crippen LogP contribution in [0, 0.1) is 5.82 Å². The quantitative estimate of drug-likeness (QED) is 0.858. The summed E-state index contributed by atoms with van der Waals surface area (Å²) in [4.78, 5) is 2.47. The van der Waals surface area contributed by atoms with Gasteiger partial charge in [-0.15, -0.1) is 0 Å². The molecule has 5 heteroatoms. The fraction of sp³-hybridized carbons (Fsp3) is 0.500. The first-order chi connectivity index (χ1) is 9.10. The second-order valence-corrected chi connectivity index (χ2v) is 5.32. The van der Waals surface area contributed by atoms with Gasteiger partial charge < -0.3 is 10.5 Å². The van der Waals surface area contributed by atoms with Gasteiger partial charge in [0.1, 0.15) is 10.8 Å². The van der Waals surface area contributed by atoms with Crippen LogP contribution in [0.5, 0.6) is 0 Å². The van der Waals surface area contributed by atoms with Gasteiger partial charge in [-0.3, -0.25) is 4.90 Å². The topological polar surface area (TPSA) is 38.5 Å². The molecule has 0 atom stereocenters. The standard InChI is InChI=1S/C14H19FN2OS/c1-18-12-4-6-17(7-5-12)9-11-3-2-10(14(16)19)8-13(11)15/h2-3,8,12H,4-7,9H2,1H3,(H2,16,19). The Morgan fingerprint density at radius 3 is 2.68 bits per heavy atom. The van der Waals surface area contributed by atoms with Gasteiger partial charge in [0.2, 0.25) is 0 Å². The normalized spacial score (nSPS) is 17.6. The number of ether oxygens (including phenoxy) is 1.